The van der Waals surface area contributed by atoms with Gasteiger partial charge in [-0.05, 0) is 30.7 Å². The van der Waals surface area contributed by atoms with Crippen molar-refractivity contribution in [3.63, 3.8) is 0 Å². The minimum Gasteiger partial charge on any atom is -0.486 e. The van der Waals surface area contributed by atoms with Crippen molar-refractivity contribution >= 4 is 16.8 Å². The van der Waals surface area contributed by atoms with Gasteiger partial charge < -0.3 is 19.8 Å². The van der Waals surface area contributed by atoms with Crippen molar-refractivity contribution in [2.45, 2.75) is 13.0 Å². The van der Waals surface area contributed by atoms with Crippen LogP contribution in [0.5, 0.6) is 11.5 Å². The lowest BCUT2D eigenvalue weighted by Gasteiger charge is -2.21. The highest BCUT2D eigenvalue weighted by Crippen LogP contribution is 2.32. The van der Waals surface area contributed by atoms with E-state index in [4.69, 9.17) is 9.47 Å². The minimum absolute atomic E-state index is 0.102. The van der Waals surface area contributed by atoms with Gasteiger partial charge in [-0.25, -0.2) is 0 Å². The van der Waals surface area contributed by atoms with Gasteiger partial charge >= 0.3 is 0 Å². The smallest absolute Gasteiger partial charge is 0.253 e. The van der Waals surface area contributed by atoms with Crippen molar-refractivity contribution < 1.29 is 14.3 Å². The van der Waals surface area contributed by atoms with Crippen LogP contribution < -0.4 is 14.8 Å². The second kappa shape index (κ2) is 5.92. The van der Waals surface area contributed by atoms with Crippen LogP contribution in [0.25, 0.3) is 10.9 Å². The number of para-hydroxylation sites is 1. The summed E-state index contributed by atoms with van der Waals surface area (Å²) in [6.45, 7) is 3.07. The number of hydrogen-bond acceptors (Lipinski definition) is 3. The predicted octanol–water partition coefficient (Wildman–Crippen LogP) is 3.43. The van der Waals surface area contributed by atoms with E-state index >= 15 is 0 Å². The van der Waals surface area contributed by atoms with Crippen LogP contribution in [0.3, 0.4) is 0 Å². The van der Waals surface area contributed by atoms with Gasteiger partial charge in [0.25, 0.3) is 5.91 Å². The van der Waals surface area contributed by atoms with Crippen LogP contribution in [0.1, 0.15) is 28.9 Å². The Morgan fingerprint density at radius 2 is 1.92 bits per heavy atom. The van der Waals surface area contributed by atoms with Crippen molar-refractivity contribution in [3.8, 4) is 11.5 Å². The molecule has 0 fully saturated rings. The Balaban J connectivity index is 1.55. The Bertz CT molecular complexity index is 901. The molecule has 0 saturated carbocycles. The molecule has 1 aromatic heterocycles. The molecular formula is C19H18N2O3. The Kier molecular flexibility index (Phi) is 3.61. The molecule has 1 atom stereocenters. The summed E-state index contributed by atoms with van der Waals surface area (Å²) in [6, 6.07) is 13.4. The molecule has 2 N–H and O–H groups in total. The number of carbonyl (C=O) groups excluding carboxylic acids is 1. The molecular weight excluding hydrogens is 304 g/mol. The number of rotatable bonds is 3. The molecule has 0 radical (unpaired) electrons. The van der Waals surface area contributed by atoms with Gasteiger partial charge in [0.05, 0.1) is 11.6 Å². The van der Waals surface area contributed by atoms with Crippen molar-refractivity contribution in [1.29, 1.82) is 0 Å². The summed E-state index contributed by atoms with van der Waals surface area (Å²) in [6.07, 6.45) is 1.75. The van der Waals surface area contributed by atoms with E-state index in [1.165, 1.54) is 0 Å². The van der Waals surface area contributed by atoms with Crippen molar-refractivity contribution in [1.82, 2.24) is 10.3 Å². The molecule has 1 aliphatic rings. The maximum atomic E-state index is 12.6. The molecule has 0 saturated heterocycles. The first kappa shape index (κ1) is 14.6. The van der Waals surface area contributed by atoms with Gasteiger partial charge in [0.1, 0.15) is 13.2 Å². The van der Waals surface area contributed by atoms with Gasteiger partial charge in [0.2, 0.25) is 0 Å². The lowest BCUT2D eigenvalue weighted by atomic mass is 10.1. The fraction of sp³-hybridized carbons (Fsp3) is 0.211. The third kappa shape index (κ3) is 2.58. The van der Waals surface area contributed by atoms with Crippen LogP contribution in [0.15, 0.2) is 48.7 Å². The number of H-pyrrole nitrogens is 1. The van der Waals surface area contributed by atoms with Gasteiger partial charge in [0.15, 0.2) is 11.5 Å². The molecule has 0 spiro atoms. The number of fused-ring (bicyclic) bond motifs is 2. The molecule has 0 unspecified atom stereocenters. The number of amides is 1. The largest absolute Gasteiger partial charge is 0.486 e. The normalized spacial score (nSPS) is 14.4. The lowest BCUT2D eigenvalue weighted by molar-refractivity contribution is 0.0941. The number of carbonyl (C=O) groups is 1. The Morgan fingerprint density at radius 3 is 2.79 bits per heavy atom. The van der Waals surface area contributed by atoms with Crippen LogP contribution in [0.2, 0.25) is 0 Å². The first-order valence-electron chi connectivity index (χ1n) is 7.99. The SMILES string of the molecule is C[C@@H](NC(=O)c1c[nH]c2ccccc12)c1ccc2c(c1)OCCO2. The Labute approximate surface area is 139 Å². The van der Waals surface area contributed by atoms with E-state index in [-0.39, 0.29) is 11.9 Å². The Hall–Kier alpha value is -2.95. The van der Waals surface area contributed by atoms with E-state index < -0.39 is 0 Å². The molecule has 5 nitrogen and oxygen atoms in total. The van der Waals surface area contributed by atoms with E-state index in [2.05, 4.69) is 10.3 Å². The standard InChI is InChI=1S/C19H18N2O3/c1-12(13-6-7-17-18(10-13)24-9-8-23-17)21-19(22)15-11-20-16-5-3-2-4-14(15)16/h2-7,10-12,20H,8-9H2,1H3,(H,21,22)/t12-/m1/s1. The molecule has 2 aromatic carbocycles. The molecule has 1 amide bonds. The van der Waals surface area contributed by atoms with Crippen molar-refractivity contribution in [2.75, 3.05) is 13.2 Å². The van der Waals surface area contributed by atoms with Crippen LogP contribution in [0, 0.1) is 0 Å². The molecule has 1 aliphatic heterocycles. The summed E-state index contributed by atoms with van der Waals surface area (Å²) < 4.78 is 11.1. The summed E-state index contributed by atoms with van der Waals surface area (Å²) in [7, 11) is 0. The average Bonchev–Trinajstić information content (AvgIpc) is 3.05. The van der Waals surface area contributed by atoms with E-state index in [0.717, 1.165) is 28.0 Å². The summed E-state index contributed by atoms with van der Waals surface area (Å²) >= 11 is 0. The topological polar surface area (TPSA) is 63.4 Å². The number of aromatic nitrogens is 1. The quantitative estimate of drug-likeness (QED) is 0.776. The number of benzene rings is 2. The zero-order chi connectivity index (χ0) is 16.5. The molecule has 5 heteroatoms. The van der Waals surface area contributed by atoms with E-state index in [0.29, 0.717) is 18.8 Å². The molecule has 0 bridgehead atoms. The van der Waals surface area contributed by atoms with E-state index in [1.807, 2.05) is 49.4 Å². The molecule has 4 rings (SSSR count). The second-order valence-electron chi connectivity index (χ2n) is 5.85. The van der Waals surface area contributed by atoms with Crippen LogP contribution in [0.4, 0.5) is 0 Å². The monoisotopic (exact) mass is 322 g/mol. The van der Waals surface area contributed by atoms with Gasteiger partial charge in [0, 0.05) is 17.1 Å². The molecule has 3 aromatic rings. The zero-order valence-electron chi connectivity index (χ0n) is 13.3. The summed E-state index contributed by atoms with van der Waals surface area (Å²) in [5.41, 5.74) is 2.58. The van der Waals surface area contributed by atoms with E-state index in [9.17, 15) is 4.79 Å². The first-order chi connectivity index (χ1) is 11.7. The molecule has 122 valence electrons. The maximum absolute atomic E-state index is 12.6. The first-order valence-corrected chi connectivity index (χ1v) is 7.99. The van der Waals surface area contributed by atoms with Gasteiger partial charge in [-0.15, -0.1) is 0 Å². The van der Waals surface area contributed by atoms with Gasteiger partial charge in [-0.2, -0.15) is 0 Å². The average molecular weight is 322 g/mol. The van der Waals surface area contributed by atoms with Crippen molar-refractivity contribution in [3.05, 3.63) is 59.8 Å². The summed E-state index contributed by atoms with van der Waals surface area (Å²) in [5.74, 6) is 1.38. The summed E-state index contributed by atoms with van der Waals surface area (Å²) in [4.78, 5) is 15.7. The van der Waals surface area contributed by atoms with Crippen molar-refractivity contribution in [2.24, 2.45) is 0 Å². The molecule has 2 heterocycles. The third-order valence-electron chi connectivity index (χ3n) is 4.25. The number of nitrogens with one attached hydrogen (secondary N) is 2. The van der Waals surface area contributed by atoms with Gasteiger partial charge in [-0.1, -0.05) is 24.3 Å². The van der Waals surface area contributed by atoms with Crippen LogP contribution >= 0.6 is 0 Å². The fourth-order valence-corrected chi connectivity index (χ4v) is 2.95. The zero-order valence-corrected chi connectivity index (χ0v) is 13.3. The minimum atomic E-state index is -0.137. The highest BCUT2D eigenvalue weighted by molar-refractivity contribution is 6.06. The third-order valence-corrected chi connectivity index (χ3v) is 4.25. The number of ether oxygens (including phenoxy) is 2. The number of aromatic amines is 1. The Morgan fingerprint density at radius 1 is 1.12 bits per heavy atom. The lowest BCUT2D eigenvalue weighted by Crippen LogP contribution is -2.26. The predicted molar refractivity (Wildman–Crippen MR) is 91.6 cm³/mol. The number of hydrogen-bond donors (Lipinski definition) is 2. The van der Waals surface area contributed by atoms with Gasteiger partial charge in [-0.3, -0.25) is 4.79 Å². The molecule has 0 aliphatic carbocycles. The second-order valence-corrected chi connectivity index (χ2v) is 5.85. The van der Waals surface area contributed by atoms with E-state index in [1.54, 1.807) is 6.20 Å². The van der Waals surface area contributed by atoms with Crippen LogP contribution in [-0.2, 0) is 0 Å². The summed E-state index contributed by atoms with van der Waals surface area (Å²) in [5, 5.41) is 3.96. The van der Waals surface area contributed by atoms with Crippen LogP contribution in [-0.4, -0.2) is 24.1 Å². The molecule has 24 heavy (non-hydrogen) atoms. The highest BCUT2D eigenvalue weighted by Gasteiger charge is 2.18. The fourth-order valence-electron chi connectivity index (χ4n) is 2.95. The maximum Gasteiger partial charge on any atom is 0.253 e. The highest BCUT2D eigenvalue weighted by atomic mass is 16.6.